The fourth-order valence-electron chi connectivity index (χ4n) is 3.94. The van der Waals surface area contributed by atoms with E-state index in [-0.39, 0.29) is 6.09 Å². The van der Waals surface area contributed by atoms with E-state index in [0.29, 0.717) is 13.1 Å². The quantitative estimate of drug-likeness (QED) is 0.709. The van der Waals surface area contributed by atoms with Gasteiger partial charge in [-0.3, -0.25) is 0 Å². The minimum absolute atomic E-state index is 0.210. The first-order valence-electron chi connectivity index (χ1n) is 9.85. The third-order valence-electron chi connectivity index (χ3n) is 5.20. The van der Waals surface area contributed by atoms with Crippen LogP contribution < -0.4 is 4.90 Å². The number of benzene rings is 1. The molecule has 5 nitrogen and oxygen atoms in total. The monoisotopic (exact) mass is 438 g/mol. The molecule has 0 atom stereocenters. The lowest BCUT2D eigenvalue weighted by atomic mass is 9.93. The minimum Gasteiger partial charge on any atom is -0.444 e. The fourth-order valence-corrected chi connectivity index (χ4v) is 4.90. The first-order chi connectivity index (χ1) is 12.8. The zero-order valence-corrected chi connectivity index (χ0v) is 18.5. The number of ether oxygens (including phenoxy) is 2. The van der Waals surface area contributed by atoms with E-state index in [0.717, 1.165) is 39.0 Å². The van der Waals surface area contributed by atoms with Crippen molar-refractivity contribution in [1.29, 1.82) is 0 Å². The average molecular weight is 439 g/mol. The third-order valence-corrected chi connectivity index (χ3v) is 6.06. The van der Waals surface area contributed by atoms with Gasteiger partial charge in [-0.1, -0.05) is 6.07 Å². The largest absolute Gasteiger partial charge is 0.444 e. The second-order valence-electron chi connectivity index (χ2n) is 8.39. The van der Waals surface area contributed by atoms with E-state index in [2.05, 4.69) is 26.9 Å². The number of nitrogens with zero attached hydrogens (tertiary/aromatic N) is 2. The topological polar surface area (TPSA) is 42.0 Å². The van der Waals surface area contributed by atoms with Crippen molar-refractivity contribution in [1.82, 2.24) is 4.90 Å². The van der Waals surface area contributed by atoms with Crippen LogP contribution in [0.3, 0.4) is 0 Å². The molecule has 0 spiro atoms. The molecule has 0 radical (unpaired) electrons. The van der Waals surface area contributed by atoms with Crippen LogP contribution in [-0.2, 0) is 28.7 Å². The highest BCUT2D eigenvalue weighted by Crippen LogP contribution is 2.40. The zero-order chi connectivity index (χ0) is 19.6. The van der Waals surface area contributed by atoms with Gasteiger partial charge in [0, 0.05) is 37.8 Å². The van der Waals surface area contributed by atoms with Crippen LogP contribution in [-0.4, -0.2) is 56.5 Å². The molecule has 0 fully saturated rings. The number of anilines is 1. The zero-order valence-electron chi connectivity index (χ0n) is 16.9. The molecule has 1 aromatic carbocycles. The number of rotatable bonds is 3. The molecule has 0 saturated heterocycles. The Labute approximate surface area is 171 Å². The summed E-state index contributed by atoms with van der Waals surface area (Å²) in [5.74, 6) is 0. The van der Waals surface area contributed by atoms with Crippen LogP contribution in [0.15, 0.2) is 10.5 Å². The number of amides is 1. The first-order valence-corrected chi connectivity index (χ1v) is 10.6. The Balaban J connectivity index is 1.83. The van der Waals surface area contributed by atoms with E-state index < -0.39 is 5.60 Å². The van der Waals surface area contributed by atoms with Gasteiger partial charge in [-0.05, 0) is 79.1 Å². The average Bonchev–Trinajstić information content (AvgIpc) is 2.81. The summed E-state index contributed by atoms with van der Waals surface area (Å²) in [4.78, 5) is 16.8. The molecule has 3 rings (SSSR count). The van der Waals surface area contributed by atoms with Crippen molar-refractivity contribution >= 4 is 27.7 Å². The molecule has 2 aliphatic rings. The number of fused-ring (bicyclic) bond motifs is 2. The van der Waals surface area contributed by atoms with Crippen molar-refractivity contribution in [2.45, 2.75) is 52.1 Å². The van der Waals surface area contributed by atoms with E-state index in [1.807, 2.05) is 25.7 Å². The smallest absolute Gasteiger partial charge is 0.410 e. The summed E-state index contributed by atoms with van der Waals surface area (Å²) in [6.07, 6.45) is 3.80. The van der Waals surface area contributed by atoms with E-state index >= 15 is 0 Å². The summed E-state index contributed by atoms with van der Waals surface area (Å²) in [5.41, 5.74) is 4.97. The predicted molar refractivity (Wildman–Crippen MR) is 112 cm³/mol. The molecule has 2 aliphatic heterocycles. The highest BCUT2D eigenvalue weighted by molar-refractivity contribution is 9.10. The van der Waals surface area contributed by atoms with Crippen molar-refractivity contribution in [3.63, 3.8) is 0 Å². The van der Waals surface area contributed by atoms with Crippen LogP contribution in [0, 0.1) is 0 Å². The molecule has 27 heavy (non-hydrogen) atoms. The Hall–Kier alpha value is -1.27. The summed E-state index contributed by atoms with van der Waals surface area (Å²) in [6, 6.07) is 2.37. The Kier molecular flexibility index (Phi) is 6.36. The van der Waals surface area contributed by atoms with Crippen molar-refractivity contribution in [2.75, 3.05) is 44.8 Å². The highest BCUT2D eigenvalue weighted by atomic mass is 79.9. The molecular weight excluding hydrogens is 408 g/mol. The number of carbonyl (C=O) groups excluding carboxylic acids is 1. The minimum atomic E-state index is -0.461. The van der Waals surface area contributed by atoms with Gasteiger partial charge >= 0.3 is 6.09 Å². The van der Waals surface area contributed by atoms with E-state index in [4.69, 9.17) is 9.47 Å². The van der Waals surface area contributed by atoms with Crippen LogP contribution in [0.5, 0.6) is 0 Å². The molecule has 1 amide bonds. The number of hydrogen-bond acceptors (Lipinski definition) is 4. The number of aryl methyl sites for hydroxylation is 1. The Morgan fingerprint density at radius 2 is 1.89 bits per heavy atom. The first kappa shape index (κ1) is 20.5. The van der Waals surface area contributed by atoms with E-state index in [1.54, 1.807) is 7.11 Å². The summed E-state index contributed by atoms with van der Waals surface area (Å²) >= 11 is 3.91. The maximum Gasteiger partial charge on any atom is 0.410 e. The van der Waals surface area contributed by atoms with Gasteiger partial charge in [0.1, 0.15) is 5.60 Å². The molecule has 6 heteroatoms. The fraction of sp³-hybridized carbons (Fsp3) is 0.667. The molecular formula is C21H31BrN2O3. The number of methoxy groups -OCH3 is 1. The molecule has 0 N–H and O–H groups in total. The van der Waals surface area contributed by atoms with Crippen molar-refractivity contribution in [3.8, 4) is 0 Å². The molecule has 150 valence electrons. The molecule has 0 aromatic heterocycles. The van der Waals surface area contributed by atoms with Gasteiger partial charge in [-0.2, -0.15) is 0 Å². The SMILES string of the molecule is COCCN1CCCc2cc3c(c(Br)c21)CCN(C(=O)OC(C)(C)C)CC3. The third kappa shape index (κ3) is 4.77. The highest BCUT2D eigenvalue weighted by Gasteiger charge is 2.28. The summed E-state index contributed by atoms with van der Waals surface area (Å²) in [6.45, 7) is 9.85. The Morgan fingerprint density at radius 3 is 2.59 bits per heavy atom. The summed E-state index contributed by atoms with van der Waals surface area (Å²) < 4.78 is 12.1. The summed E-state index contributed by atoms with van der Waals surface area (Å²) in [5, 5.41) is 0. The molecule has 0 unspecified atom stereocenters. The van der Waals surface area contributed by atoms with Gasteiger partial charge in [0.25, 0.3) is 0 Å². The number of carbonyl (C=O) groups is 1. The van der Waals surface area contributed by atoms with Gasteiger partial charge in [-0.15, -0.1) is 0 Å². The molecule has 0 aliphatic carbocycles. The molecule has 0 bridgehead atoms. The maximum absolute atomic E-state index is 12.5. The van der Waals surface area contributed by atoms with Crippen molar-refractivity contribution < 1.29 is 14.3 Å². The van der Waals surface area contributed by atoms with Crippen molar-refractivity contribution in [2.24, 2.45) is 0 Å². The van der Waals surface area contributed by atoms with Gasteiger partial charge < -0.3 is 19.3 Å². The maximum atomic E-state index is 12.5. The molecule has 0 saturated carbocycles. The number of hydrogen-bond donors (Lipinski definition) is 0. The number of halogens is 1. The summed E-state index contributed by atoms with van der Waals surface area (Å²) in [7, 11) is 1.75. The Bertz CT molecular complexity index is 700. The van der Waals surface area contributed by atoms with E-state index in [1.165, 1.54) is 33.3 Å². The van der Waals surface area contributed by atoms with Gasteiger partial charge in [0.15, 0.2) is 0 Å². The lowest BCUT2D eigenvalue weighted by molar-refractivity contribution is 0.0258. The van der Waals surface area contributed by atoms with Gasteiger partial charge in [-0.25, -0.2) is 4.79 Å². The van der Waals surface area contributed by atoms with Crippen LogP contribution in [0.25, 0.3) is 0 Å². The van der Waals surface area contributed by atoms with Crippen LogP contribution in [0.2, 0.25) is 0 Å². The van der Waals surface area contributed by atoms with Crippen LogP contribution >= 0.6 is 15.9 Å². The van der Waals surface area contributed by atoms with Crippen LogP contribution in [0.4, 0.5) is 10.5 Å². The Morgan fingerprint density at radius 1 is 1.15 bits per heavy atom. The van der Waals surface area contributed by atoms with Gasteiger partial charge in [0.2, 0.25) is 0 Å². The van der Waals surface area contributed by atoms with Crippen molar-refractivity contribution in [3.05, 3.63) is 27.2 Å². The van der Waals surface area contributed by atoms with E-state index in [9.17, 15) is 4.79 Å². The predicted octanol–water partition coefficient (Wildman–Crippen LogP) is 4.18. The van der Waals surface area contributed by atoms with Gasteiger partial charge in [0.05, 0.1) is 12.3 Å². The second kappa shape index (κ2) is 8.39. The van der Waals surface area contributed by atoms with Crippen LogP contribution in [0.1, 0.15) is 43.9 Å². The second-order valence-corrected chi connectivity index (χ2v) is 9.18. The molecule has 1 aromatic rings. The lowest BCUT2D eigenvalue weighted by Gasteiger charge is -2.33. The normalized spacial score (nSPS) is 17.2. The standard InChI is InChI=1S/C21H31BrN2O3/c1-21(2,3)27-20(25)24-10-7-15-14-16-6-5-9-23(12-13-26-4)19(16)18(22)17(15)8-11-24/h14H,5-13H2,1-4H3. The molecule has 2 heterocycles. The lowest BCUT2D eigenvalue weighted by Crippen LogP contribution is -2.38.